The van der Waals surface area contributed by atoms with Crippen LogP contribution in [0, 0.1) is 32.1 Å². The molecule has 22 heavy (non-hydrogen) atoms. The Balaban J connectivity index is 2.22. The lowest BCUT2D eigenvalue weighted by Crippen LogP contribution is -2.16. The molecule has 110 valence electrons. The largest absolute Gasteiger partial charge is 0.422 e. The summed E-state index contributed by atoms with van der Waals surface area (Å²) in [6, 6.07) is 3.78. The van der Waals surface area contributed by atoms with Gasteiger partial charge < -0.3 is 14.7 Å². The van der Waals surface area contributed by atoms with Crippen molar-refractivity contribution in [3.8, 4) is 6.07 Å². The van der Waals surface area contributed by atoms with Crippen molar-refractivity contribution in [3.05, 3.63) is 55.8 Å². The minimum Gasteiger partial charge on any atom is -0.422 e. The van der Waals surface area contributed by atoms with Crippen LogP contribution in [0.25, 0.3) is 11.8 Å². The van der Waals surface area contributed by atoms with Crippen LogP contribution in [-0.4, -0.2) is 15.9 Å². The summed E-state index contributed by atoms with van der Waals surface area (Å²) in [7, 11) is 0. The molecular weight excluding hydrogens is 282 g/mol. The first kappa shape index (κ1) is 13.9. The quantitative estimate of drug-likeness (QED) is 0.787. The molecule has 0 spiro atoms. The van der Waals surface area contributed by atoms with Crippen LogP contribution in [0.3, 0.4) is 0 Å². The molecule has 0 radical (unpaired) electrons. The number of nitrogens with zero attached hydrogens (tertiary/aromatic N) is 1. The van der Waals surface area contributed by atoms with E-state index in [4.69, 9.17) is 10.00 Å². The number of ether oxygens (including phenoxy) is 1. The van der Waals surface area contributed by atoms with Crippen molar-refractivity contribution in [1.82, 2.24) is 9.97 Å². The number of cyclic esters (lactones) is 1. The molecule has 6 heteroatoms. The molecule has 2 aromatic heterocycles. The SMILES string of the molecule is Cc1cc2c(c(=O)[nH]1)C(=O)O/C2=C\c1c(C)[nH]c(C#N)c1C. The molecule has 3 heterocycles. The summed E-state index contributed by atoms with van der Waals surface area (Å²) in [5.74, 6) is -0.335. The van der Waals surface area contributed by atoms with Crippen molar-refractivity contribution in [3.63, 3.8) is 0 Å². The van der Waals surface area contributed by atoms with Gasteiger partial charge in [-0.25, -0.2) is 4.79 Å². The number of hydrogen-bond acceptors (Lipinski definition) is 4. The fourth-order valence-corrected chi connectivity index (χ4v) is 2.62. The Labute approximate surface area is 126 Å². The Morgan fingerprint density at radius 3 is 2.59 bits per heavy atom. The van der Waals surface area contributed by atoms with Crippen LogP contribution in [-0.2, 0) is 4.74 Å². The van der Waals surface area contributed by atoms with Gasteiger partial charge in [-0.05, 0) is 38.5 Å². The number of pyridine rings is 1. The predicted octanol–water partition coefficient (Wildman–Crippen LogP) is 2.17. The van der Waals surface area contributed by atoms with Crippen LogP contribution < -0.4 is 5.56 Å². The Morgan fingerprint density at radius 2 is 1.95 bits per heavy atom. The van der Waals surface area contributed by atoms with Gasteiger partial charge in [-0.1, -0.05) is 0 Å². The summed E-state index contributed by atoms with van der Waals surface area (Å²) in [5.41, 5.74) is 3.51. The Morgan fingerprint density at radius 1 is 1.23 bits per heavy atom. The van der Waals surface area contributed by atoms with Crippen molar-refractivity contribution in [2.45, 2.75) is 20.8 Å². The molecule has 0 fully saturated rings. The van der Waals surface area contributed by atoms with Crippen LogP contribution >= 0.6 is 0 Å². The number of fused-ring (bicyclic) bond motifs is 1. The molecule has 0 saturated carbocycles. The van der Waals surface area contributed by atoms with Crippen molar-refractivity contribution in [2.75, 3.05) is 0 Å². The molecule has 0 aliphatic carbocycles. The number of nitriles is 1. The average molecular weight is 295 g/mol. The molecule has 0 bridgehead atoms. The van der Waals surface area contributed by atoms with Gasteiger partial charge in [-0.3, -0.25) is 4.79 Å². The zero-order chi connectivity index (χ0) is 16.0. The van der Waals surface area contributed by atoms with E-state index < -0.39 is 11.5 Å². The first-order valence-electron chi connectivity index (χ1n) is 6.69. The lowest BCUT2D eigenvalue weighted by molar-refractivity contribution is 0.0715. The van der Waals surface area contributed by atoms with Gasteiger partial charge in [0.2, 0.25) is 0 Å². The van der Waals surface area contributed by atoms with Crippen LogP contribution in [0.2, 0.25) is 0 Å². The monoisotopic (exact) mass is 295 g/mol. The number of hydrogen-bond donors (Lipinski definition) is 2. The molecule has 1 aliphatic rings. The van der Waals surface area contributed by atoms with Gasteiger partial charge in [0.25, 0.3) is 5.56 Å². The van der Waals surface area contributed by atoms with Crippen LogP contribution in [0.1, 0.15) is 44.1 Å². The molecule has 2 aromatic rings. The predicted molar refractivity (Wildman–Crippen MR) is 80.1 cm³/mol. The number of rotatable bonds is 1. The molecule has 6 nitrogen and oxygen atoms in total. The number of aryl methyl sites for hydroxylation is 2. The van der Waals surface area contributed by atoms with Gasteiger partial charge in [0.05, 0.1) is 0 Å². The second-order valence-electron chi connectivity index (χ2n) is 5.24. The number of nitrogens with one attached hydrogen (secondary N) is 2. The molecule has 2 N–H and O–H groups in total. The first-order valence-corrected chi connectivity index (χ1v) is 6.69. The summed E-state index contributed by atoms with van der Waals surface area (Å²) in [6.45, 7) is 5.39. The lowest BCUT2D eigenvalue weighted by atomic mass is 10.1. The molecule has 0 amide bonds. The number of aromatic nitrogens is 2. The number of esters is 1. The Kier molecular flexibility index (Phi) is 2.99. The van der Waals surface area contributed by atoms with E-state index in [0.29, 0.717) is 22.7 Å². The van der Waals surface area contributed by atoms with E-state index in [2.05, 4.69) is 16.0 Å². The number of H-pyrrole nitrogens is 2. The number of carbonyl (C=O) groups excluding carboxylic acids is 1. The van der Waals surface area contributed by atoms with Gasteiger partial charge in [0.15, 0.2) is 0 Å². The standard InChI is InChI=1S/C16H13N3O3/c1-7-4-11-13(22-16(21)14(11)15(20)18-7)5-10-8(2)12(6-17)19-9(10)3/h4-5,19H,1-3H3,(H,18,20)/b13-5-. The summed E-state index contributed by atoms with van der Waals surface area (Å²) >= 11 is 0. The van der Waals surface area contributed by atoms with Crippen molar-refractivity contribution in [2.24, 2.45) is 0 Å². The molecule has 0 atom stereocenters. The van der Waals surface area contributed by atoms with E-state index in [1.165, 1.54) is 0 Å². The highest BCUT2D eigenvalue weighted by atomic mass is 16.5. The van der Waals surface area contributed by atoms with E-state index in [1.54, 1.807) is 19.1 Å². The fourth-order valence-electron chi connectivity index (χ4n) is 2.62. The Bertz CT molecular complexity index is 939. The van der Waals surface area contributed by atoms with Crippen LogP contribution in [0.4, 0.5) is 0 Å². The fraction of sp³-hybridized carbons (Fsp3) is 0.188. The number of aromatic amines is 2. The van der Waals surface area contributed by atoms with E-state index in [9.17, 15) is 9.59 Å². The zero-order valence-corrected chi connectivity index (χ0v) is 12.3. The highest BCUT2D eigenvalue weighted by Gasteiger charge is 2.30. The molecule has 3 rings (SSSR count). The maximum atomic E-state index is 11.9. The highest BCUT2D eigenvalue weighted by molar-refractivity contribution is 6.05. The summed E-state index contributed by atoms with van der Waals surface area (Å²) in [4.78, 5) is 29.3. The van der Waals surface area contributed by atoms with E-state index in [1.807, 2.05) is 13.8 Å². The maximum absolute atomic E-state index is 11.9. The normalized spacial score (nSPS) is 14.8. The zero-order valence-electron chi connectivity index (χ0n) is 12.3. The van der Waals surface area contributed by atoms with E-state index in [0.717, 1.165) is 16.8 Å². The number of carbonyl (C=O) groups is 1. The van der Waals surface area contributed by atoms with E-state index >= 15 is 0 Å². The first-order chi connectivity index (χ1) is 10.4. The van der Waals surface area contributed by atoms with Crippen LogP contribution in [0.5, 0.6) is 0 Å². The molecular formula is C16H13N3O3. The Hall–Kier alpha value is -3.07. The summed E-state index contributed by atoms with van der Waals surface area (Å²) < 4.78 is 5.23. The minimum absolute atomic E-state index is 0.0169. The summed E-state index contributed by atoms with van der Waals surface area (Å²) in [5, 5.41) is 9.06. The lowest BCUT2D eigenvalue weighted by Gasteiger charge is -2.01. The average Bonchev–Trinajstić information content (AvgIpc) is 2.90. The van der Waals surface area contributed by atoms with Gasteiger partial charge in [0, 0.05) is 22.5 Å². The van der Waals surface area contributed by atoms with Crippen molar-refractivity contribution < 1.29 is 9.53 Å². The maximum Gasteiger partial charge on any atom is 0.349 e. The van der Waals surface area contributed by atoms with Gasteiger partial charge in [-0.2, -0.15) is 5.26 Å². The van der Waals surface area contributed by atoms with Crippen LogP contribution in [0.15, 0.2) is 10.9 Å². The molecule has 0 unspecified atom stereocenters. The van der Waals surface area contributed by atoms with Crippen molar-refractivity contribution >= 4 is 17.8 Å². The molecule has 0 aromatic carbocycles. The second kappa shape index (κ2) is 4.74. The van der Waals surface area contributed by atoms with E-state index in [-0.39, 0.29) is 5.56 Å². The third-order valence-electron chi connectivity index (χ3n) is 3.72. The smallest absolute Gasteiger partial charge is 0.349 e. The van der Waals surface area contributed by atoms with Crippen molar-refractivity contribution in [1.29, 1.82) is 5.26 Å². The highest BCUT2D eigenvalue weighted by Crippen LogP contribution is 2.31. The topological polar surface area (TPSA) is 98.7 Å². The minimum atomic E-state index is -0.658. The summed E-state index contributed by atoms with van der Waals surface area (Å²) in [6.07, 6.45) is 1.69. The third-order valence-corrected chi connectivity index (χ3v) is 3.72. The second-order valence-corrected chi connectivity index (χ2v) is 5.24. The van der Waals surface area contributed by atoms with Gasteiger partial charge in [-0.15, -0.1) is 0 Å². The van der Waals surface area contributed by atoms with Gasteiger partial charge in [0.1, 0.15) is 23.1 Å². The third kappa shape index (κ3) is 1.95. The van der Waals surface area contributed by atoms with Gasteiger partial charge >= 0.3 is 5.97 Å². The molecule has 1 aliphatic heterocycles. The molecule has 0 saturated heterocycles.